The van der Waals surface area contributed by atoms with Crippen LogP contribution in [0.15, 0.2) is 29.2 Å². The normalized spacial score (nSPS) is 10.3. The second kappa shape index (κ2) is 7.35. The zero-order valence-electron chi connectivity index (χ0n) is 10.5. The number of amides is 1. The molecular weight excluding hydrogens is 232 g/mol. The Bertz CT molecular complexity index is 351. The molecule has 17 heavy (non-hydrogen) atoms. The first-order valence-corrected chi connectivity index (χ1v) is 6.81. The summed E-state index contributed by atoms with van der Waals surface area (Å²) < 4.78 is 0. The lowest BCUT2D eigenvalue weighted by molar-refractivity contribution is -0.128. The van der Waals surface area contributed by atoms with Gasteiger partial charge < -0.3 is 10.6 Å². The quantitative estimate of drug-likeness (QED) is 0.785. The maximum Gasteiger partial charge on any atom is 0.236 e. The number of rotatable bonds is 6. The topological polar surface area (TPSA) is 46.3 Å². The van der Waals surface area contributed by atoms with Gasteiger partial charge in [-0.3, -0.25) is 4.79 Å². The minimum atomic E-state index is -0.0110. The van der Waals surface area contributed by atoms with Crippen molar-refractivity contribution < 1.29 is 4.79 Å². The molecule has 4 heteroatoms. The number of carbonyl (C=O) groups excluding carboxylic acids is 1. The summed E-state index contributed by atoms with van der Waals surface area (Å²) >= 11 is 1.84. The zero-order valence-corrected chi connectivity index (χ0v) is 11.3. The van der Waals surface area contributed by atoms with E-state index in [1.807, 2.05) is 11.8 Å². The van der Waals surface area contributed by atoms with Crippen LogP contribution in [0.4, 0.5) is 0 Å². The molecule has 2 N–H and O–H groups in total. The highest BCUT2D eigenvalue weighted by molar-refractivity contribution is 7.99. The van der Waals surface area contributed by atoms with Crippen LogP contribution >= 0.6 is 11.8 Å². The largest absolute Gasteiger partial charge is 0.344 e. The van der Waals surface area contributed by atoms with E-state index in [1.54, 1.807) is 11.9 Å². The minimum absolute atomic E-state index is 0.0110. The number of likely N-dealkylation sites (N-methyl/N-ethyl adjacent to an activating group) is 1. The van der Waals surface area contributed by atoms with E-state index in [1.165, 1.54) is 10.5 Å². The van der Waals surface area contributed by atoms with E-state index in [9.17, 15) is 4.79 Å². The highest BCUT2D eigenvalue weighted by Gasteiger charge is 2.05. The van der Waals surface area contributed by atoms with E-state index < -0.39 is 0 Å². The molecule has 0 aliphatic rings. The monoisotopic (exact) mass is 252 g/mol. The Hall–Kier alpha value is -1.00. The molecule has 1 aromatic rings. The standard InChI is InChI=1S/C13H20N2OS/c1-3-17-12-6-4-11(5-7-12)8-9-15(2)13(16)10-14/h4-7H,3,8-10,14H2,1-2H3. The molecule has 1 rings (SSSR count). The summed E-state index contributed by atoms with van der Waals surface area (Å²) in [6.45, 7) is 2.95. The number of hydrogen-bond acceptors (Lipinski definition) is 3. The summed E-state index contributed by atoms with van der Waals surface area (Å²) in [5, 5.41) is 0. The lowest BCUT2D eigenvalue weighted by Crippen LogP contribution is -2.34. The van der Waals surface area contributed by atoms with Crippen molar-refractivity contribution in [2.24, 2.45) is 5.73 Å². The number of carbonyl (C=O) groups is 1. The van der Waals surface area contributed by atoms with Crippen molar-refractivity contribution in [1.82, 2.24) is 4.90 Å². The minimum Gasteiger partial charge on any atom is -0.344 e. The number of benzene rings is 1. The Balaban J connectivity index is 2.44. The van der Waals surface area contributed by atoms with Gasteiger partial charge in [0.05, 0.1) is 6.54 Å². The lowest BCUT2D eigenvalue weighted by atomic mass is 10.1. The van der Waals surface area contributed by atoms with Crippen LogP contribution in [-0.4, -0.2) is 36.7 Å². The molecule has 0 aliphatic carbocycles. The molecule has 0 heterocycles. The molecule has 0 aromatic heterocycles. The zero-order chi connectivity index (χ0) is 12.7. The van der Waals surface area contributed by atoms with Gasteiger partial charge in [0.2, 0.25) is 5.91 Å². The molecule has 0 fully saturated rings. The Kier molecular flexibility index (Phi) is 6.08. The van der Waals surface area contributed by atoms with Crippen LogP contribution in [-0.2, 0) is 11.2 Å². The van der Waals surface area contributed by atoms with Gasteiger partial charge in [-0.05, 0) is 29.9 Å². The van der Waals surface area contributed by atoms with Crippen molar-refractivity contribution >= 4 is 17.7 Å². The molecule has 0 saturated heterocycles. The fourth-order valence-electron chi connectivity index (χ4n) is 1.50. The van der Waals surface area contributed by atoms with Gasteiger partial charge in [0.25, 0.3) is 0 Å². The SMILES string of the molecule is CCSc1ccc(CCN(C)C(=O)CN)cc1. The number of nitrogens with two attached hydrogens (primary N) is 1. The van der Waals surface area contributed by atoms with Gasteiger partial charge in [0, 0.05) is 18.5 Å². The number of hydrogen-bond donors (Lipinski definition) is 1. The van der Waals surface area contributed by atoms with Crippen molar-refractivity contribution in [1.29, 1.82) is 0 Å². The maximum atomic E-state index is 11.3. The lowest BCUT2D eigenvalue weighted by Gasteiger charge is -2.15. The van der Waals surface area contributed by atoms with E-state index >= 15 is 0 Å². The van der Waals surface area contributed by atoms with Gasteiger partial charge in [-0.25, -0.2) is 0 Å². The fourth-order valence-corrected chi connectivity index (χ4v) is 2.16. The van der Waals surface area contributed by atoms with Crippen LogP contribution in [0.25, 0.3) is 0 Å². The summed E-state index contributed by atoms with van der Waals surface area (Å²) in [6, 6.07) is 8.51. The Morgan fingerprint density at radius 3 is 2.53 bits per heavy atom. The molecule has 0 unspecified atom stereocenters. The third-order valence-corrected chi connectivity index (χ3v) is 3.46. The summed E-state index contributed by atoms with van der Waals surface area (Å²) in [7, 11) is 1.79. The molecule has 1 amide bonds. The summed E-state index contributed by atoms with van der Waals surface area (Å²) in [5.41, 5.74) is 6.55. The van der Waals surface area contributed by atoms with Gasteiger partial charge in [-0.1, -0.05) is 19.1 Å². The van der Waals surface area contributed by atoms with E-state index in [2.05, 4.69) is 31.2 Å². The number of nitrogens with zero attached hydrogens (tertiary/aromatic N) is 1. The van der Waals surface area contributed by atoms with Gasteiger partial charge in [0.15, 0.2) is 0 Å². The summed E-state index contributed by atoms with van der Waals surface area (Å²) in [6.07, 6.45) is 0.874. The first-order valence-electron chi connectivity index (χ1n) is 5.83. The van der Waals surface area contributed by atoms with Crippen molar-refractivity contribution in [3.8, 4) is 0 Å². The average Bonchev–Trinajstić information content (AvgIpc) is 2.37. The highest BCUT2D eigenvalue weighted by atomic mass is 32.2. The Morgan fingerprint density at radius 1 is 1.35 bits per heavy atom. The molecule has 0 bridgehead atoms. The molecule has 1 aromatic carbocycles. The maximum absolute atomic E-state index is 11.3. The first kappa shape index (κ1) is 14.1. The second-order valence-corrected chi connectivity index (χ2v) is 5.18. The molecule has 3 nitrogen and oxygen atoms in total. The molecule has 0 saturated carbocycles. The van der Waals surface area contributed by atoms with Gasteiger partial charge in [-0.2, -0.15) is 0 Å². The van der Waals surface area contributed by atoms with E-state index in [0.717, 1.165) is 18.7 Å². The van der Waals surface area contributed by atoms with Crippen molar-refractivity contribution in [3.63, 3.8) is 0 Å². The Labute approximate surface area is 107 Å². The van der Waals surface area contributed by atoms with Gasteiger partial charge >= 0.3 is 0 Å². The fraction of sp³-hybridized carbons (Fsp3) is 0.462. The van der Waals surface area contributed by atoms with Crippen LogP contribution in [0, 0.1) is 0 Å². The third-order valence-electron chi connectivity index (χ3n) is 2.57. The van der Waals surface area contributed by atoms with E-state index in [0.29, 0.717) is 0 Å². The van der Waals surface area contributed by atoms with Crippen molar-refractivity contribution in [3.05, 3.63) is 29.8 Å². The Morgan fingerprint density at radius 2 is 2.00 bits per heavy atom. The molecular formula is C13H20N2OS. The van der Waals surface area contributed by atoms with Crippen LogP contribution in [0.5, 0.6) is 0 Å². The highest BCUT2D eigenvalue weighted by Crippen LogP contribution is 2.17. The van der Waals surface area contributed by atoms with Crippen molar-refractivity contribution in [2.45, 2.75) is 18.2 Å². The molecule has 0 aliphatic heterocycles. The average molecular weight is 252 g/mol. The van der Waals surface area contributed by atoms with Gasteiger partial charge in [0.1, 0.15) is 0 Å². The smallest absolute Gasteiger partial charge is 0.236 e. The second-order valence-electron chi connectivity index (χ2n) is 3.85. The van der Waals surface area contributed by atoms with Crippen LogP contribution in [0.3, 0.4) is 0 Å². The molecule has 0 atom stereocenters. The molecule has 94 valence electrons. The van der Waals surface area contributed by atoms with Gasteiger partial charge in [-0.15, -0.1) is 11.8 Å². The van der Waals surface area contributed by atoms with E-state index in [4.69, 9.17) is 5.73 Å². The predicted molar refractivity (Wildman–Crippen MR) is 73.2 cm³/mol. The summed E-state index contributed by atoms with van der Waals surface area (Å²) in [4.78, 5) is 14.2. The van der Waals surface area contributed by atoms with Crippen LogP contribution < -0.4 is 5.73 Å². The van der Waals surface area contributed by atoms with Crippen LogP contribution in [0.2, 0.25) is 0 Å². The number of thioether (sulfide) groups is 1. The van der Waals surface area contributed by atoms with Crippen molar-refractivity contribution in [2.75, 3.05) is 25.9 Å². The molecule has 0 spiro atoms. The molecule has 0 radical (unpaired) electrons. The predicted octanol–water partition coefficient (Wildman–Crippen LogP) is 1.76. The first-order chi connectivity index (χ1) is 8.17. The van der Waals surface area contributed by atoms with Crippen LogP contribution in [0.1, 0.15) is 12.5 Å². The third kappa shape index (κ3) is 4.79. The summed E-state index contributed by atoms with van der Waals surface area (Å²) in [5.74, 6) is 1.08. The van der Waals surface area contributed by atoms with E-state index in [-0.39, 0.29) is 12.5 Å².